The van der Waals surface area contributed by atoms with Gasteiger partial charge in [-0.05, 0) is 12.0 Å². The fourth-order valence-corrected chi connectivity index (χ4v) is 2.25. The summed E-state index contributed by atoms with van der Waals surface area (Å²) in [5, 5.41) is 11.6. The van der Waals surface area contributed by atoms with Crippen molar-refractivity contribution in [3.8, 4) is 0 Å². The van der Waals surface area contributed by atoms with E-state index in [2.05, 4.69) is 5.32 Å². The number of alkyl halides is 2. The average molecular weight is 270 g/mol. The lowest BCUT2D eigenvalue weighted by Gasteiger charge is -2.39. The first-order valence-corrected chi connectivity index (χ1v) is 6.15. The largest absolute Gasteiger partial charge is 0.465 e. The van der Waals surface area contributed by atoms with E-state index in [-0.39, 0.29) is 25.9 Å². The highest BCUT2D eigenvalue weighted by Crippen LogP contribution is 2.31. The van der Waals surface area contributed by atoms with Crippen LogP contribution in [0.15, 0.2) is 30.3 Å². The van der Waals surface area contributed by atoms with Crippen LogP contribution >= 0.6 is 0 Å². The molecule has 19 heavy (non-hydrogen) atoms. The number of halogens is 2. The summed E-state index contributed by atoms with van der Waals surface area (Å²) in [5.41, 5.74) is 0.842. The van der Waals surface area contributed by atoms with Crippen LogP contribution in [0.3, 0.4) is 0 Å². The number of likely N-dealkylation sites (tertiary alicyclic amines) is 1. The fourth-order valence-electron chi connectivity index (χ4n) is 2.25. The lowest BCUT2D eigenvalue weighted by Crippen LogP contribution is -2.60. The molecule has 1 aromatic rings. The molecule has 1 aliphatic rings. The topological polar surface area (TPSA) is 52.6 Å². The molecule has 6 heteroatoms. The van der Waals surface area contributed by atoms with Gasteiger partial charge >= 0.3 is 6.09 Å². The Hall–Kier alpha value is -1.69. The van der Waals surface area contributed by atoms with Crippen molar-refractivity contribution < 1.29 is 18.7 Å². The van der Waals surface area contributed by atoms with Crippen molar-refractivity contribution in [3.05, 3.63) is 35.9 Å². The van der Waals surface area contributed by atoms with E-state index in [1.54, 1.807) is 12.1 Å². The maximum atomic E-state index is 13.8. The molecule has 0 aromatic heterocycles. The SMILES string of the molecule is O=C(O)N1CCCC(F)(F)C1NCc1ccccc1. The molecule has 2 N–H and O–H groups in total. The summed E-state index contributed by atoms with van der Waals surface area (Å²) in [7, 11) is 0. The number of carboxylic acid groups (broad SMARTS) is 1. The second kappa shape index (κ2) is 5.52. The van der Waals surface area contributed by atoms with Crippen molar-refractivity contribution in [1.82, 2.24) is 10.2 Å². The summed E-state index contributed by atoms with van der Waals surface area (Å²) < 4.78 is 27.6. The zero-order valence-corrected chi connectivity index (χ0v) is 10.4. The van der Waals surface area contributed by atoms with Crippen LogP contribution in [-0.4, -0.2) is 34.7 Å². The van der Waals surface area contributed by atoms with E-state index in [0.717, 1.165) is 10.5 Å². The normalized spacial score (nSPS) is 22.2. The van der Waals surface area contributed by atoms with Gasteiger partial charge in [-0.1, -0.05) is 30.3 Å². The molecule has 4 nitrogen and oxygen atoms in total. The molecule has 1 saturated heterocycles. The average Bonchev–Trinajstić information content (AvgIpc) is 2.37. The number of hydrogen-bond donors (Lipinski definition) is 2. The first-order valence-electron chi connectivity index (χ1n) is 6.15. The molecule has 1 unspecified atom stereocenters. The number of nitrogens with zero attached hydrogens (tertiary/aromatic N) is 1. The third kappa shape index (κ3) is 3.20. The van der Waals surface area contributed by atoms with Crippen LogP contribution in [0.25, 0.3) is 0 Å². The summed E-state index contributed by atoms with van der Waals surface area (Å²) >= 11 is 0. The Bertz CT molecular complexity index is 440. The van der Waals surface area contributed by atoms with Crippen molar-refractivity contribution in [1.29, 1.82) is 0 Å². The van der Waals surface area contributed by atoms with E-state index in [4.69, 9.17) is 5.11 Å². The highest BCUT2D eigenvalue weighted by Gasteiger charge is 2.47. The van der Waals surface area contributed by atoms with Crippen molar-refractivity contribution in [3.63, 3.8) is 0 Å². The smallest absolute Gasteiger partial charge is 0.408 e. The van der Waals surface area contributed by atoms with Crippen molar-refractivity contribution in [2.45, 2.75) is 31.5 Å². The number of piperidine rings is 1. The Morgan fingerprint density at radius 1 is 1.42 bits per heavy atom. The van der Waals surface area contributed by atoms with Crippen molar-refractivity contribution in [2.24, 2.45) is 0 Å². The molecule has 0 radical (unpaired) electrons. The minimum atomic E-state index is -3.04. The van der Waals surface area contributed by atoms with Crippen LogP contribution in [0.4, 0.5) is 13.6 Å². The minimum absolute atomic E-state index is 0.136. The van der Waals surface area contributed by atoms with Gasteiger partial charge in [-0.2, -0.15) is 0 Å². The van der Waals surface area contributed by atoms with Crippen molar-refractivity contribution >= 4 is 6.09 Å². The van der Waals surface area contributed by atoms with Gasteiger partial charge in [0.15, 0.2) is 6.17 Å². The van der Waals surface area contributed by atoms with Crippen LogP contribution < -0.4 is 5.32 Å². The van der Waals surface area contributed by atoms with E-state index in [1.807, 2.05) is 18.2 Å². The molecular weight excluding hydrogens is 254 g/mol. The zero-order valence-electron chi connectivity index (χ0n) is 10.4. The highest BCUT2D eigenvalue weighted by atomic mass is 19.3. The summed E-state index contributed by atoms with van der Waals surface area (Å²) in [5.74, 6) is -3.04. The van der Waals surface area contributed by atoms with Crippen LogP contribution in [0.2, 0.25) is 0 Å². The predicted molar refractivity (Wildman–Crippen MR) is 66.0 cm³/mol. The molecule has 0 saturated carbocycles. The Morgan fingerprint density at radius 2 is 2.11 bits per heavy atom. The van der Waals surface area contributed by atoms with E-state index in [9.17, 15) is 13.6 Å². The number of carbonyl (C=O) groups is 1. The molecule has 1 aromatic carbocycles. The molecule has 0 spiro atoms. The number of hydrogen-bond acceptors (Lipinski definition) is 2. The number of amides is 1. The standard InChI is InChI=1S/C13H16F2N2O2/c14-13(15)7-4-8-17(12(18)19)11(13)16-9-10-5-2-1-3-6-10/h1-3,5-6,11,16H,4,7-9H2,(H,18,19). The molecule has 1 atom stereocenters. The molecule has 104 valence electrons. The Labute approximate surface area is 110 Å². The van der Waals surface area contributed by atoms with E-state index in [1.165, 1.54) is 0 Å². The number of rotatable bonds is 3. The second-order valence-electron chi connectivity index (χ2n) is 4.61. The summed E-state index contributed by atoms with van der Waals surface area (Å²) in [6.07, 6.45) is -2.88. The number of nitrogens with one attached hydrogen (secondary N) is 1. The molecule has 2 rings (SSSR count). The lowest BCUT2D eigenvalue weighted by atomic mass is 10.0. The Morgan fingerprint density at radius 3 is 2.74 bits per heavy atom. The first kappa shape index (κ1) is 13.7. The Balaban J connectivity index is 2.07. The molecule has 0 bridgehead atoms. The van der Waals surface area contributed by atoms with Gasteiger partial charge in [0.05, 0.1) is 0 Å². The van der Waals surface area contributed by atoms with Crippen molar-refractivity contribution in [2.75, 3.05) is 6.54 Å². The molecule has 1 aliphatic heterocycles. The molecule has 0 aliphatic carbocycles. The maximum absolute atomic E-state index is 13.8. The summed E-state index contributed by atoms with van der Waals surface area (Å²) in [4.78, 5) is 11.8. The van der Waals surface area contributed by atoms with E-state index in [0.29, 0.717) is 0 Å². The summed E-state index contributed by atoms with van der Waals surface area (Å²) in [6.45, 7) is 0.349. The van der Waals surface area contributed by atoms with Gasteiger partial charge in [-0.25, -0.2) is 13.6 Å². The molecule has 1 heterocycles. The van der Waals surface area contributed by atoms with Crippen LogP contribution in [0.1, 0.15) is 18.4 Å². The Kier molecular flexibility index (Phi) is 3.99. The van der Waals surface area contributed by atoms with Gasteiger partial charge in [0.25, 0.3) is 5.92 Å². The fraction of sp³-hybridized carbons (Fsp3) is 0.462. The monoisotopic (exact) mass is 270 g/mol. The second-order valence-corrected chi connectivity index (χ2v) is 4.61. The van der Waals surface area contributed by atoms with Crippen LogP contribution in [-0.2, 0) is 6.54 Å². The van der Waals surface area contributed by atoms with Crippen LogP contribution in [0, 0.1) is 0 Å². The van der Waals surface area contributed by atoms with Gasteiger partial charge in [0.1, 0.15) is 0 Å². The molecule has 1 amide bonds. The molecule has 1 fully saturated rings. The zero-order chi connectivity index (χ0) is 13.9. The summed E-state index contributed by atoms with van der Waals surface area (Å²) in [6, 6.07) is 9.07. The lowest BCUT2D eigenvalue weighted by molar-refractivity contribution is -0.116. The van der Waals surface area contributed by atoms with Gasteiger partial charge < -0.3 is 5.11 Å². The third-order valence-electron chi connectivity index (χ3n) is 3.21. The van der Waals surface area contributed by atoms with E-state index < -0.39 is 18.2 Å². The quantitative estimate of drug-likeness (QED) is 0.887. The van der Waals surface area contributed by atoms with Gasteiger partial charge in [0.2, 0.25) is 0 Å². The van der Waals surface area contributed by atoms with Gasteiger partial charge in [-0.15, -0.1) is 0 Å². The first-order chi connectivity index (χ1) is 9.00. The van der Waals surface area contributed by atoms with Crippen LogP contribution in [0.5, 0.6) is 0 Å². The predicted octanol–water partition coefficient (Wildman–Crippen LogP) is 2.51. The van der Waals surface area contributed by atoms with Gasteiger partial charge in [-0.3, -0.25) is 10.2 Å². The van der Waals surface area contributed by atoms with E-state index >= 15 is 0 Å². The van der Waals surface area contributed by atoms with Gasteiger partial charge in [0, 0.05) is 19.5 Å². The number of benzene rings is 1. The molecular formula is C13H16F2N2O2. The highest BCUT2D eigenvalue weighted by molar-refractivity contribution is 5.65. The third-order valence-corrected chi connectivity index (χ3v) is 3.21. The minimum Gasteiger partial charge on any atom is -0.465 e. The maximum Gasteiger partial charge on any atom is 0.408 e.